The Morgan fingerprint density at radius 1 is 1.19 bits per heavy atom. The van der Waals surface area contributed by atoms with Crippen molar-refractivity contribution in [1.29, 1.82) is 0 Å². The summed E-state index contributed by atoms with van der Waals surface area (Å²) < 4.78 is 33.1. The van der Waals surface area contributed by atoms with Gasteiger partial charge in [-0.05, 0) is 67.6 Å². The fourth-order valence-electron chi connectivity index (χ4n) is 4.52. The van der Waals surface area contributed by atoms with Crippen molar-refractivity contribution in [2.24, 2.45) is 5.92 Å². The zero-order chi connectivity index (χ0) is 22.0. The summed E-state index contributed by atoms with van der Waals surface area (Å²) >= 11 is 9.61. The lowest BCUT2D eigenvalue weighted by Crippen LogP contribution is -2.41. The quantitative estimate of drug-likeness (QED) is 0.390. The molecule has 0 bridgehead atoms. The number of hydrogen-bond donors (Lipinski definition) is 1. The Morgan fingerprint density at radius 2 is 2.00 bits per heavy atom. The van der Waals surface area contributed by atoms with Crippen LogP contribution in [0, 0.1) is 12.8 Å². The predicted molar refractivity (Wildman–Crippen MR) is 122 cm³/mol. The minimum absolute atomic E-state index is 0.113. The molecule has 1 aliphatic carbocycles. The van der Waals surface area contributed by atoms with E-state index in [1.54, 1.807) is 38.1 Å². The Bertz CT molecular complexity index is 1430. The molecule has 2 unspecified atom stereocenters. The standard InChI is InChI=1S/C22H19BrClN3O3S/c1-12-26-27-21(30-12)22(2,31(28,29)16-5-3-4-14(23)10-16)13-8-17-18-11-15(24)6-7-19(18)25-20(17)9-13/h3-7,10-11,13,25H,8-9H2,1-2H3. The highest BCUT2D eigenvalue weighted by molar-refractivity contribution is 9.10. The summed E-state index contributed by atoms with van der Waals surface area (Å²) in [6.45, 7) is 3.36. The second-order valence-corrected chi connectivity index (χ2v) is 11.7. The van der Waals surface area contributed by atoms with Crippen molar-refractivity contribution >= 4 is 48.3 Å². The monoisotopic (exact) mass is 519 g/mol. The van der Waals surface area contributed by atoms with Gasteiger partial charge in [0.15, 0.2) is 14.6 Å². The van der Waals surface area contributed by atoms with E-state index in [0.29, 0.717) is 28.2 Å². The first-order valence-electron chi connectivity index (χ1n) is 9.80. The molecule has 0 radical (unpaired) electrons. The number of sulfone groups is 1. The molecule has 160 valence electrons. The summed E-state index contributed by atoms with van der Waals surface area (Å²) in [6, 6.07) is 12.4. The highest BCUT2D eigenvalue weighted by Gasteiger charge is 2.54. The van der Waals surface area contributed by atoms with Gasteiger partial charge >= 0.3 is 0 Å². The molecule has 4 aromatic rings. The van der Waals surface area contributed by atoms with Crippen LogP contribution in [-0.4, -0.2) is 23.6 Å². The van der Waals surface area contributed by atoms with E-state index in [2.05, 4.69) is 31.1 Å². The van der Waals surface area contributed by atoms with Gasteiger partial charge in [0.25, 0.3) is 0 Å². The van der Waals surface area contributed by atoms with Crippen LogP contribution < -0.4 is 0 Å². The molecule has 6 nitrogen and oxygen atoms in total. The van der Waals surface area contributed by atoms with E-state index in [9.17, 15) is 8.42 Å². The average molecular weight is 521 g/mol. The fraction of sp³-hybridized carbons (Fsp3) is 0.273. The van der Waals surface area contributed by atoms with Gasteiger partial charge in [0.05, 0.1) is 4.90 Å². The molecule has 0 saturated carbocycles. The Hall–Kier alpha value is -2.16. The topological polar surface area (TPSA) is 88.9 Å². The molecule has 2 atom stereocenters. The Morgan fingerprint density at radius 3 is 2.71 bits per heavy atom. The van der Waals surface area contributed by atoms with Gasteiger partial charge in [-0.1, -0.05) is 33.6 Å². The lowest BCUT2D eigenvalue weighted by Gasteiger charge is -2.32. The van der Waals surface area contributed by atoms with Crippen LogP contribution >= 0.6 is 27.5 Å². The van der Waals surface area contributed by atoms with Crippen molar-refractivity contribution in [2.45, 2.75) is 36.3 Å². The van der Waals surface area contributed by atoms with E-state index in [1.807, 2.05) is 18.2 Å². The number of aryl methyl sites for hydroxylation is 1. The lowest BCUT2D eigenvalue weighted by molar-refractivity contribution is 0.316. The van der Waals surface area contributed by atoms with Crippen LogP contribution in [0.1, 0.15) is 30.0 Å². The molecule has 1 aliphatic rings. The smallest absolute Gasteiger partial charge is 0.238 e. The number of rotatable bonds is 4. The number of nitrogens with zero attached hydrogens (tertiary/aromatic N) is 2. The summed E-state index contributed by atoms with van der Waals surface area (Å²) in [5.41, 5.74) is 3.11. The zero-order valence-electron chi connectivity index (χ0n) is 16.8. The highest BCUT2D eigenvalue weighted by atomic mass is 79.9. The maximum Gasteiger partial charge on any atom is 0.238 e. The van der Waals surface area contributed by atoms with E-state index < -0.39 is 14.6 Å². The van der Waals surface area contributed by atoms with Gasteiger partial charge in [-0.15, -0.1) is 10.2 Å². The molecule has 9 heteroatoms. The van der Waals surface area contributed by atoms with Crippen LogP contribution in [0.2, 0.25) is 5.02 Å². The Labute approximate surface area is 193 Å². The summed E-state index contributed by atoms with van der Waals surface area (Å²) in [4.78, 5) is 3.65. The first-order valence-corrected chi connectivity index (χ1v) is 12.5. The molecule has 0 amide bonds. The van der Waals surface area contributed by atoms with Crippen molar-refractivity contribution in [3.63, 3.8) is 0 Å². The van der Waals surface area contributed by atoms with Gasteiger partial charge in [0, 0.05) is 33.0 Å². The summed E-state index contributed by atoms with van der Waals surface area (Å²) in [5.74, 6) is 0.155. The highest BCUT2D eigenvalue weighted by Crippen LogP contribution is 2.48. The minimum Gasteiger partial charge on any atom is -0.424 e. The number of nitrogens with one attached hydrogen (secondary N) is 1. The fourth-order valence-corrected chi connectivity index (χ4v) is 7.19. The molecular formula is C22H19BrClN3O3S. The van der Waals surface area contributed by atoms with Crippen molar-refractivity contribution in [2.75, 3.05) is 0 Å². The number of aromatic nitrogens is 3. The van der Waals surface area contributed by atoms with Crippen LogP contribution in [0.4, 0.5) is 0 Å². The molecule has 0 fully saturated rings. The zero-order valence-corrected chi connectivity index (χ0v) is 20.0. The third-order valence-corrected chi connectivity index (χ3v) is 9.48. The summed E-state index contributed by atoms with van der Waals surface area (Å²) in [7, 11) is -3.87. The maximum absolute atomic E-state index is 14.0. The Kier molecular flexibility index (Phi) is 4.80. The van der Waals surface area contributed by atoms with Crippen LogP contribution in [-0.2, 0) is 27.4 Å². The van der Waals surface area contributed by atoms with Crippen molar-refractivity contribution in [3.05, 3.63) is 75.0 Å². The first-order chi connectivity index (χ1) is 14.7. The van der Waals surface area contributed by atoms with Gasteiger partial charge in [-0.25, -0.2) is 8.42 Å². The average Bonchev–Trinajstić information content (AvgIpc) is 3.42. The molecule has 2 aromatic carbocycles. The second-order valence-electron chi connectivity index (χ2n) is 8.07. The molecule has 5 rings (SSSR count). The normalized spacial score (nSPS) is 18.3. The molecule has 0 aliphatic heterocycles. The van der Waals surface area contributed by atoms with Gasteiger partial charge in [-0.2, -0.15) is 0 Å². The summed E-state index contributed by atoms with van der Waals surface area (Å²) in [6.07, 6.45) is 1.10. The maximum atomic E-state index is 14.0. The van der Waals surface area contributed by atoms with Gasteiger partial charge in [0.1, 0.15) is 0 Å². The number of aromatic amines is 1. The van der Waals surface area contributed by atoms with Crippen LogP contribution in [0.3, 0.4) is 0 Å². The number of benzene rings is 2. The van der Waals surface area contributed by atoms with E-state index in [4.69, 9.17) is 16.0 Å². The molecule has 0 saturated heterocycles. The number of fused-ring (bicyclic) bond motifs is 3. The molecular weight excluding hydrogens is 502 g/mol. The predicted octanol–water partition coefficient (Wildman–Crippen LogP) is 5.38. The summed E-state index contributed by atoms with van der Waals surface area (Å²) in [5, 5.41) is 9.76. The van der Waals surface area contributed by atoms with Crippen molar-refractivity contribution in [3.8, 4) is 0 Å². The van der Waals surface area contributed by atoms with E-state index in [0.717, 1.165) is 22.2 Å². The van der Waals surface area contributed by atoms with Crippen LogP contribution in [0.5, 0.6) is 0 Å². The van der Waals surface area contributed by atoms with Crippen LogP contribution in [0.25, 0.3) is 10.9 Å². The minimum atomic E-state index is -3.87. The molecule has 1 N–H and O–H groups in total. The van der Waals surface area contributed by atoms with Gasteiger partial charge in [0.2, 0.25) is 11.8 Å². The van der Waals surface area contributed by atoms with Gasteiger partial charge in [-0.3, -0.25) is 0 Å². The number of halogens is 2. The van der Waals surface area contributed by atoms with Crippen LogP contribution in [0.15, 0.2) is 56.2 Å². The van der Waals surface area contributed by atoms with E-state index in [-0.39, 0.29) is 16.7 Å². The third kappa shape index (κ3) is 3.15. The molecule has 0 spiro atoms. The first kappa shape index (κ1) is 20.7. The lowest BCUT2D eigenvalue weighted by atomic mass is 9.89. The second kappa shape index (κ2) is 7.18. The van der Waals surface area contributed by atoms with E-state index >= 15 is 0 Å². The molecule has 2 aromatic heterocycles. The van der Waals surface area contributed by atoms with Gasteiger partial charge < -0.3 is 9.40 Å². The van der Waals surface area contributed by atoms with Crippen molar-refractivity contribution in [1.82, 2.24) is 15.2 Å². The third-order valence-electron chi connectivity index (χ3n) is 6.25. The number of hydrogen-bond acceptors (Lipinski definition) is 5. The Balaban J connectivity index is 1.66. The number of H-pyrrole nitrogens is 1. The van der Waals surface area contributed by atoms with E-state index in [1.165, 1.54) is 0 Å². The van der Waals surface area contributed by atoms with Crippen molar-refractivity contribution < 1.29 is 12.8 Å². The molecule has 31 heavy (non-hydrogen) atoms. The molecule has 2 heterocycles. The SMILES string of the molecule is Cc1nnc(C(C)(C2Cc3[nH]c4ccc(Cl)cc4c3C2)S(=O)(=O)c2cccc(Br)c2)o1. The largest absolute Gasteiger partial charge is 0.424 e.